The van der Waals surface area contributed by atoms with Crippen LogP contribution in [0.2, 0.25) is 0 Å². The van der Waals surface area contributed by atoms with Gasteiger partial charge in [0.2, 0.25) is 5.91 Å². The van der Waals surface area contributed by atoms with Gasteiger partial charge in [-0.1, -0.05) is 31.0 Å². The van der Waals surface area contributed by atoms with Crippen molar-refractivity contribution in [2.45, 2.75) is 50.0 Å². The van der Waals surface area contributed by atoms with Crippen molar-refractivity contribution in [1.29, 1.82) is 0 Å². The van der Waals surface area contributed by atoms with Crippen LogP contribution >= 0.6 is 0 Å². The molecule has 1 amide bonds. The minimum absolute atomic E-state index is 0.0151. The van der Waals surface area contributed by atoms with E-state index in [0.29, 0.717) is 18.2 Å². The van der Waals surface area contributed by atoms with Gasteiger partial charge in [0.25, 0.3) is 0 Å². The second-order valence-electron chi connectivity index (χ2n) is 6.27. The molecule has 3 rings (SSSR count). The summed E-state index contributed by atoms with van der Waals surface area (Å²) in [6.45, 7) is 1.67. The average molecular weight is 290 g/mol. The molecule has 2 N–H and O–H groups in total. The molecule has 1 aliphatic carbocycles. The molecule has 1 saturated heterocycles. The maximum atomic E-state index is 13.9. The van der Waals surface area contributed by atoms with Gasteiger partial charge >= 0.3 is 0 Å². The Balaban J connectivity index is 1.61. The van der Waals surface area contributed by atoms with Gasteiger partial charge in [0.15, 0.2) is 0 Å². The third kappa shape index (κ3) is 3.10. The first-order chi connectivity index (χ1) is 10.2. The highest BCUT2D eigenvalue weighted by Crippen LogP contribution is 2.49. The summed E-state index contributed by atoms with van der Waals surface area (Å²) in [4.78, 5) is 12.5. The number of carbonyl (C=O) groups is 1. The summed E-state index contributed by atoms with van der Waals surface area (Å²) < 4.78 is 13.9. The lowest BCUT2D eigenvalue weighted by Crippen LogP contribution is -2.44. The smallest absolute Gasteiger partial charge is 0.230 e. The van der Waals surface area contributed by atoms with Crippen molar-refractivity contribution in [2.24, 2.45) is 0 Å². The minimum atomic E-state index is -0.615. The van der Waals surface area contributed by atoms with E-state index in [9.17, 15) is 9.18 Å². The first kappa shape index (κ1) is 14.5. The van der Waals surface area contributed by atoms with Crippen molar-refractivity contribution in [3.05, 3.63) is 35.6 Å². The van der Waals surface area contributed by atoms with Crippen LogP contribution < -0.4 is 10.6 Å². The third-order valence-electron chi connectivity index (χ3n) is 4.75. The van der Waals surface area contributed by atoms with Crippen molar-refractivity contribution < 1.29 is 9.18 Å². The molecule has 2 aliphatic rings. The summed E-state index contributed by atoms with van der Waals surface area (Å²) in [5.74, 6) is -0.281. The van der Waals surface area contributed by atoms with E-state index in [1.54, 1.807) is 18.2 Å². The number of hydrogen-bond acceptors (Lipinski definition) is 2. The van der Waals surface area contributed by atoms with E-state index in [0.717, 1.165) is 25.8 Å². The molecule has 4 heteroatoms. The standard InChI is InChI=1S/C17H23FN2O/c18-15-8-4-3-7-14(15)17(9-10-17)16(21)20-12-13-6-2-1-5-11-19-13/h3-4,7-8,13,19H,1-2,5-6,9-12H2,(H,20,21)/t13-/m0/s1. The SMILES string of the molecule is O=C(NC[C@@H]1CCCCCN1)C1(c2ccccc2F)CC1. The zero-order valence-corrected chi connectivity index (χ0v) is 12.3. The summed E-state index contributed by atoms with van der Waals surface area (Å²) in [5.41, 5.74) is -0.0629. The van der Waals surface area contributed by atoms with Crippen LogP contribution in [0.5, 0.6) is 0 Å². The number of rotatable bonds is 4. The number of hydrogen-bond donors (Lipinski definition) is 2. The molecule has 2 fully saturated rings. The Morgan fingerprint density at radius 2 is 2.10 bits per heavy atom. The van der Waals surface area contributed by atoms with Gasteiger partial charge in [-0.2, -0.15) is 0 Å². The largest absolute Gasteiger partial charge is 0.354 e. The summed E-state index contributed by atoms with van der Waals surface area (Å²) in [6.07, 6.45) is 6.29. The lowest BCUT2D eigenvalue weighted by molar-refractivity contribution is -0.123. The van der Waals surface area contributed by atoms with Gasteiger partial charge in [-0.15, -0.1) is 0 Å². The van der Waals surface area contributed by atoms with Crippen molar-refractivity contribution >= 4 is 5.91 Å². The van der Waals surface area contributed by atoms with E-state index in [2.05, 4.69) is 10.6 Å². The summed E-state index contributed by atoms with van der Waals surface area (Å²) >= 11 is 0. The van der Waals surface area contributed by atoms with Gasteiger partial charge in [0.1, 0.15) is 5.82 Å². The first-order valence-electron chi connectivity index (χ1n) is 7.99. The molecular weight excluding hydrogens is 267 g/mol. The summed E-state index contributed by atoms with van der Waals surface area (Å²) in [5, 5.41) is 6.51. The maximum absolute atomic E-state index is 13.9. The maximum Gasteiger partial charge on any atom is 0.230 e. The fraction of sp³-hybridized carbons (Fsp3) is 0.588. The normalized spacial score (nSPS) is 24.1. The second-order valence-corrected chi connectivity index (χ2v) is 6.27. The number of benzene rings is 1. The van der Waals surface area contributed by atoms with Crippen LogP contribution in [0.1, 0.15) is 44.1 Å². The predicted molar refractivity (Wildman–Crippen MR) is 80.6 cm³/mol. The Hall–Kier alpha value is -1.42. The molecule has 3 nitrogen and oxygen atoms in total. The van der Waals surface area contributed by atoms with Gasteiger partial charge in [-0.25, -0.2) is 4.39 Å². The number of carbonyl (C=O) groups excluding carboxylic acids is 1. The molecule has 1 aromatic carbocycles. The summed E-state index contributed by atoms with van der Waals surface area (Å²) in [7, 11) is 0. The minimum Gasteiger partial charge on any atom is -0.354 e. The Labute approximate surface area is 125 Å². The molecule has 114 valence electrons. The molecule has 1 aliphatic heterocycles. The van der Waals surface area contributed by atoms with E-state index >= 15 is 0 Å². The fourth-order valence-electron chi connectivity index (χ4n) is 3.25. The van der Waals surface area contributed by atoms with E-state index < -0.39 is 5.41 Å². The molecule has 0 unspecified atom stereocenters. The molecule has 21 heavy (non-hydrogen) atoms. The highest BCUT2D eigenvalue weighted by molar-refractivity contribution is 5.91. The number of nitrogens with one attached hydrogen (secondary N) is 2. The van der Waals surface area contributed by atoms with Crippen molar-refractivity contribution in [2.75, 3.05) is 13.1 Å². The molecule has 1 aromatic rings. The lowest BCUT2D eigenvalue weighted by Gasteiger charge is -2.20. The van der Waals surface area contributed by atoms with Crippen LogP contribution in [0.15, 0.2) is 24.3 Å². The fourth-order valence-corrected chi connectivity index (χ4v) is 3.25. The van der Waals surface area contributed by atoms with E-state index in [1.165, 1.54) is 25.3 Å². The highest BCUT2D eigenvalue weighted by atomic mass is 19.1. The zero-order valence-electron chi connectivity index (χ0n) is 12.3. The average Bonchev–Trinajstić information content (AvgIpc) is 3.30. The van der Waals surface area contributed by atoms with Crippen LogP contribution in [0.3, 0.4) is 0 Å². The molecule has 0 aromatic heterocycles. The quantitative estimate of drug-likeness (QED) is 0.894. The molecule has 0 radical (unpaired) electrons. The number of amides is 1. The molecule has 1 heterocycles. The topological polar surface area (TPSA) is 41.1 Å². The second kappa shape index (κ2) is 6.14. The zero-order chi connectivity index (χ0) is 14.7. The number of halogens is 1. The molecule has 1 saturated carbocycles. The molecule has 0 bridgehead atoms. The Kier molecular flexibility index (Phi) is 4.24. The van der Waals surface area contributed by atoms with Crippen LogP contribution in [-0.4, -0.2) is 25.0 Å². The first-order valence-corrected chi connectivity index (χ1v) is 7.99. The van der Waals surface area contributed by atoms with Gasteiger partial charge in [0.05, 0.1) is 5.41 Å². The Morgan fingerprint density at radius 1 is 1.29 bits per heavy atom. The Bertz CT molecular complexity index is 505. The van der Waals surface area contributed by atoms with Crippen molar-refractivity contribution in [3.63, 3.8) is 0 Å². The monoisotopic (exact) mass is 290 g/mol. The van der Waals surface area contributed by atoms with E-state index in [1.807, 2.05) is 0 Å². The third-order valence-corrected chi connectivity index (χ3v) is 4.75. The van der Waals surface area contributed by atoms with Gasteiger partial charge in [-0.3, -0.25) is 4.79 Å². The van der Waals surface area contributed by atoms with Gasteiger partial charge < -0.3 is 10.6 Å². The predicted octanol–water partition coefficient (Wildman–Crippen LogP) is 2.51. The van der Waals surface area contributed by atoms with Crippen molar-refractivity contribution in [3.8, 4) is 0 Å². The molecule has 1 atom stereocenters. The van der Waals surface area contributed by atoms with Gasteiger partial charge in [-0.05, 0) is 38.3 Å². The van der Waals surface area contributed by atoms with Crippen molar-refractivity contribution in [1.82, 2.24) is 10.6 Å². The molecule has 0 spiro atoms. The van der Waals surface area contributed by atoms with Crippen LogP contribution in [0.25, 0.3) is 0 Å². The van der Waals surface area contributed by atoms with Gasteiger partial charge in [0, 0.05) is 18.2 Å². The van der Waals surface area contributed by atoms with E-state index in [4.69, 9.17) is 0 Å². The lowest BCUT2D eigenvalue weighted by atomic mass is 9.94. The van der Waals surface area contributed by atoms with Crippen LogP contribution in [-0.2, 0) is 10.2 Å². The highest BCUT2D eigenvalue weighted by Gasteiger charge is 2.52. The van der Waals surface area contributed by atoms with E-state index in [-0.39, 0.29) is 11.7 Å². The summed E-state index contributed by atoms with van der Waals surface area (Å²) in [6, 6.07) is 7.01. The Morgan fingerprint density at radius 3 is 2.86 bits per heavy atom. The molecular formula is C17H23FN2O. The van der Waals surface area contributed by atoms with Crippen LogP contribution in [0, 0.1) is 5.82 Å². The van der Waals surface area contributed by atoms with Crippen LogP contribution in [0.4, 0.5) is 4.39 Å².